The van der Waals surface area contributed by atoms with Crippen LogP contribution < -0.4 is 10.6 Å². The fraction of sp³-hybridized carbons (Fsp3) is 0.238. The zero-order chi connectivity index (χ0) is 20.4. The molecule has 2 aromatic carbocycles. The molecule has 0 saturated carbocycles. The fourth-order valence-corrected chi connectivity index (χ4v) is 3.34. The number of hydrogen-bond donors (Lipinski definition) is 2. The van der Waals surface area contributed by atoms with Crippen LogP contribution in [0.2, 0.25) is 0 Å². The van der Waals surface area contributed by atoms with Crippen molar-refractivity contribution in [2.45, 2.75) is 6.18 Å². The largest absolute Gasteiger partial charge is 0.416 e. The number of anilines is 2. The van der Waals surface area contributed by atoms with Crippen LogP contribution in [0.5, 0.6) is 0 Å². The third kappa shape index (κ3) is 5.58. The van der Waals surface area contributed by atoms with Crippen molar-refractivity contribution in [3.8, 4) is 0 Å². The van der Waals surface area contributed by atoms with E-state index in [9.17, 15) is 18.0 Å². The van der Waals surface area contributed by atoms with Gasteiger partial charge in [0.2, 0.25) is 0 Å². The number of nitrogens with zero attached hydrogens (tertiary/aromatic N) is 2. The van der Waals surface area contributed by atoms with Gasteiger partial charge >= 0.3 is 6.18 Å². The number of rotatable bonds is 3. The molecule has 5 nitrogen and oxygen atoms in total. The van der Waals surface area contributed by atoms with E-state index in [4.69, 9.17) is 0 Å². The molecule has 2 N–H and O–H groups in total. The first-order valence-corrected chi connectivity index (χ1v) is 9.25. The smallest absolute Gasteiger partial charge is 0.355 e. The molecule has 0 unspecified atom stereocenters. The second-order valence-electron chi connectivity index (χ2n) is 6.83. The van der Waals surface area contributed by atoms with Crippen LogP contribution in [-0.2, 0) is 6.18 Å². The first-order chi connectivity index (χ1) is 13.9. The molecule has 1 aliphatic rings. The number of fused-ring (bicyclic) bond motifs is 1. The first-order valence-electron chi connectivity index (χ1n) is 9.25. The Morgan fingerprint density at radius 2 is 1.68 bits per heavy atom. The molecule has 0 aliphatic carbocycles. The van der Waals surface area contributed by atoms with Crippen LogP contribution in [0.25, 0.3) is 10.9 Å². The summed E-state index contributed by atoms with van der Waals surface area (Å²) in [6, 6.07) is 12.3. The van der Waals surface area contributed by atoms with Crippen LogP contribution in [0.15, 0.2) is 54.7 Å². The third-order valence-electron chi connectivity index (χ3n) is 4.89. The molecular formula is C21H21Cl2F3N4O. The Morgan fingerprint density at radius 1 is 1.00 bits per heavy atom. The second kappa shape index (κ2) is 10.2. The molecular weight excluding hydrogens is 452 g/mol. The van der Waals surface area contributed by atoms with E-state index in [-0.39, 0.29) is 36.2 Å². The number of benzene rings is 2. The van der Waals surface area contributed by atoms with Crippen LogP contribution in [0.3, 0.4) is 0 Å². The number of carbonyl (C=O) groups excluding carboxylic acids is 1. The number of carbonyl (C=O) groups is 1. The average molecular weight is 473 g/mol. The minimum absolute atomic E-state index is 0. The van der Waals surface area contributed by atoms with Crippen molar-refractivity contribution in [3.05, 3.63) is 65.9 Å². The minimum atomic E-state index is -4.41. The average Bonchev–Trinajstić information content (AvgIpc) is 2.73. The molecule has 0 radical (unpaired) electrons. The Morgan fingerprint density at radius 3 is 2.32 bits per heavy atom. The zero-order valence-electron chi connectivity index (χ0n) is 16.3. The van der Waals surface area contributed by atoms with E-state index >= 15 is 0 Å². The molecule has 166 valence electrons. The number of pyridine rings is 1. The molecule has 2 heterocycles. The maximum atomic E-state index is 12.9. The van der Waals surface area contributed by atoms with Gasteiger partial charge in [0.1, 0.15) is 0 Å². The number of aromatic nitrogens is 1. The highest BCUT2D eigenvalue weighted by Crippen LogP contribution is 2.33. The van der Waals surface area contributed by atoms with Gasteiger partial charge in [-0.15, -0.1) is 24.8 Å². The molecule has 1 fully saturated rings. The van der Waals surface area contributed by atoms with Crippen molar-refractivity contribution in [2.75, 3.05) is 31.5 Å². The van der Waals surface area contributed by atoms with Crippen LogP contribution in [0.4, 0.5) is 24.5 Å². The van der Waals surface area contributed by atoms with E-state index in [1.54, 1.807) is 30.3 Å². The van der Waals surface area contributed by atoms with Crippen molar-refractivity contribution in [3.63, 3.8) is 0 Å². The lowest BCUT2D eigenvalue weighted by Gasteiger charge is -2.27. The van der Waals surface area contributed by atoms with Crippen LogP contribution >= 0.6 is 24.8 Å². The third-order valence-corrected chi connectivity index (χ3v) is 4.89. The molecule has 1 aromatic heterocycles. The number of alkyl halides is 3. The standard InChI is InChI=1S/C21H19F3N4O.2ClH/c22-21(23,24)15-3-6-17-18(7-8-26-19(17)13-15)27-16-4-1-14(2-5-16)20(29)28-11-9-25-10-12-28;;/h1-8,13,25H,9-12H2,(H,26,27);2*1H. The molecule has 1 amide bonds. The Labute approximate surface area is 189 Å². The van der Waals surface area contributed by atoms with Crippen molar-refractivity contribution in [1.82, 2.24) is 15.2 Å². The summed E-state index contributed by atoms with van der Waals surface area (Å²) in [5.74, 6) is -0.00732. The highest BCUT2D eigenvalue weighted by molar-refractivity contribution is 5.96. The summed E-state index contributed by atoms with van der Waals surface area (Å²) >= 11 is 0. The molecule has 1 aliphatic heterocycles. The van der Waals surface area contributed by atoms with E-state index in [1.807, 2.05) is 4.90 Å². The maximum Gasteiger partial charge on any atom is 0.416 e. The Hall–Kier alpha value is -2.55. The van der Waals surface area contributed by atoms with Gasteiger partial charge in [0.05, 0.1) is 11.1 Å². The molecule has 0 atom stereocenters. The highest BCUT2D eigenvalue weighted by atomic mass is 35.5. The number of halogens is 5. The monoisotopic (exact) mass is 472 g/mol. The Balaban J connectivity index is 0.00000171. The normalized spacial score (nSPS) is 13.8. The summed E-state index contributed by atoms with van der Waals surface area (Å²) in [4.78, 5) is 18.4. The highest BCUT2D eigenvalue weighted by Gasteiger charge is 2.30. The molecule has 10 heteroatoms. The van der Waals surface area contributed by atoms with Crippen LogP contribution in [-0.4, -0.2) is 42.0 Å². The Bertz CT molecular complexity index is 1040. The molecule has 0 bridgehead atoms. The fourth-order valence-electron chi connectivity index (χ4n) is 3.34. The number of hydrogen-bond acceptors (Lipinski definition) is 4. The molecule has 3 aromatic rings. The summed E-state index contributed by atoms with van der Waals surface area (Å²) in [6.07, 6.45) is -2.95. The predicted molar refractivity (Wildman–Crippen MR) is 120 cm³/mol. The number of amides is 1. The van der Waals surface area contributed by atoms with E-state index in [0.717, 1.165) is 30.9 Å². The molecule has 1 saturated heterocycles. The number of nitrogens with one attached hydrogen (secondary N) is 2. The van der Waals surface area contributed by atoms with Gasteiger partial charge in [-0.1, -0.05) is 6.07 Å². The summed E-state index contributed by atoms with van der Waals surface area (Å²) in [6.45, 7) is 2.94. The van der Waals surface area contributed by atoms with Crippen molar-refractivity contribution < 1.29 is 18.0 Å². The van der Waals surface area contributed by atoms with Crippen molar-refractivity contribution in [2.24, 2.45) is 0 Å². The lowest BCUT2D eigenvalue weighted by atomic mass is 10.1. The Kier molecular flexibility index (Phi) is 8.11. The van der Waals surface area contributed by atoms with Gasteiger partial charge in [-0.3, -0.25) is 9.78 Å². The van der Waals surface area contributed by atoms with Gasteiger partial charge in [-0.25, -0.2) is 0 Å². The summed E-state index contributed by atoms with van der Waals surface area (Å²) < 4.78 is 38.8. The number of piperazine rings is 1. The minimum Gasteiger partial charge on any atom is -0.355 e. The van der Waals surface area contributed by atoms with Crippen LogP contribution in [0.1, 0.15) is 15.9 Å². The quantitative estimate of drug-likeness (QED) is 0.569. The van der Waals surface area contributed by atoms with Crippen molar-refractivity contribution in [1.29, 1.82) is 0 Å². The summed E-state index contributed by atoms with van der Waals surface area (Å²) in [5, 5.41) is 6.99. The first kappa shape index (κ1) is 24.7. The SMILES string of the molecule is Cl.Cl.O=C(c1ccc(Nc2ccnc3cc(C(F)(F)F)ccc23)cc1)N1CCNCC1. The van der Waals surface area contributed by atoms with Crippen LogP contribution in [0, 0.1) is 0 Å². The zero-order valence-corrected chi connectivity index (χ0v) is 17.9. The van der Waals surface area contributed by atoms with E-state index < -0.39 is 11.7 Å². The van der Waals surface area contributed by atoms with Crippen molar-refractivity contribution >= 4 is 53.0 Å². The van der Waals surface area contributed by atoms with E-state index in [1.165, 1.54) is 12.3 Å². The maximum absolute atomic E-state index is 12.9. The summed E-state index contributed by atoms with van der Waals surface area (Å²) in [7, 11) is 0. The second-order valence-corrected chi connectivity index (χ2v) is 6.83. The van der Waals surface area contributed by atoms with E-state index in [0.29, 0.717) is 29.7 Å². The lowest BCUT2D eigenvalue weighted by molar-refractivity contribution is -0.137. The van der Waals surface area contributed by atoms with Gasteiger partial charge in [0.15, 0.2) is 0 Å². The summed E-state index contributed by atoms with van der Waals surface area (Å²) in [5.41, 5.74) is 1.51. The topological polar surface area (TPSA) is 57.3 Å². The van der Waals surface area contributed by atoms with Gasteiger partial charge in [-0.2, -0.15) is 13.2 Å². The lowest BCUT2D eigenvalue weighted by Crippen LogP contribution is -2.46. The molecule has 4 rings (SSSR count). The van der Waals surface area contributed by atoms with Gasteiger partial charge in [-0.05, 0) is 42.5 Å². The van der Waals surface area contributed by atoms with Gasteiger partial charge in [0, 0.05) is 54.7 Å². The molecule has 31 heavy (non-hydrogen) atoms. The molecule has 0 spiro atoms. The van der Waals surface area contributed by atoms with Gasteiger partial charge in [0.25, 0.3) is 5.91 Å². The predicted octanol–water partition coefficient (Wildman–Crippen LogP) is 4.89. The van der Waals surface area contributed by atoms with E-state index in [2.05, 4.69) is 15.6 Å². The van der Waals surface area contributed by atoms with Gasteiger partial charge < -0.3 is 15.5 Å².